The fraction of sp³-hybridized carbons (Fsp3) is 0.333. The molecule has 0 aliphatic heterocycles. The second-order valence-electron chi connectivity index (χ2n) is 1.61. The minimum atomic E-state index is 0.378. The molecule has 1 heterocycles. The molecule has 0 spiro atoms. The van der Waals surface area contributed by atoms with Crippen LogP contribution in [0.3, 0.4) is 0 Å². The van der Waals surface area contributed by atoms with E-state index >= 15 is 0 Å². The Bertz CT molecular complexity index is 199. The largest absolute Gasteiger partial charge is 0.477 e. The van der Waals surface area contributed by atoms with E-state index in [4.69, 9.17) is 16.3 Å². The Kier molecular flexibility index (Phi) is 2.45. The van der Waals surface area contributed by atoms with Crippen molar-refractivity contribution in [2.75, 3.05) is 6.61 Å². The Hall–Kier alpha value is -0.830. The van der Waals surface area contributed by atoms with Gasteiger partial charge in [0.1, 0.15) is 5.15 Å². The molecule has 3 nitrogen and oxygen atoms in total. The molecule has 0 bridgehead atoms. The van der Waals surface area contributed by atoms with Gasteiger partial charge in [-0.2, -0.15) is 0 Å². The van der Waals surface area contributed by atoms with Crippen molar-refractivity contribution >= 4 is 11.6 Å². The van der Waals surface area contributed by atoms with Crippen LogP contribution in [0.2, 0.25) is 5.15 Å². The summed E-state index contributed by atoms with van der Waals surface area (Å²) in [5.74, 6) is 0.506. The summed E-state index contributed by atoms with van der Waals surface area (Å²) in [4.78, 5) is 7.63. The first-order chi connectivity index (χ1) is 4.83. The summed E-state index contributed by atoms with van der Waals surface area (Å²) in [5, 5.41) is 0.378. The van der Waals surface area contributed by atoms with Gasteiger partial charge >= 0.3 is 0 Å². The van der Waals surface area contributed by atoms with Gasteiger partial charge in [-0.1, -0.05) is 11.6 Å². The van der Waals surface area contributed by atoms with Crippen LogP contribution in [-0.4, -0.2) is 16.6 Å². The van der Waals surface area contributed by atoms with Crippen molar-refractivity contribution in [2.24, 2.45) is 0 Å². The molecular formula is C6H7ClN2O. The molecule has 1 aromatic heterocycles. The standard InChI is InChI=1S/C6H7ClN2O/c1-2-10-6-4-8-5(7)3-9-6/h3-4H,2H2,1H3. The van der Waals surface area contributed by atoms with Gasteiger partial charge in [-0.15, -0.1) is 0 Å². The first kappa shape index (κ1) is 7.28. The van der Waals surface area contributed by atoms with E-state index in [0.29, 0.717) is 17.6 Å². The second kappa shape index (κ2) is 3.37. The number of halogens is 1. The molecule has 0 radical (unpaired) electrons. The maximum absolute atomic E-state index is 5.48. The normalized spacial score (nSPS) is 9.40. The third-order valence-corrected chi connectivity index (χ3v) is 1.08. The van der Waals surface area contributed by atoms with Crippen molar-refractivity contribution in [3.63, 3.8) is 0 Å². The number of hydrogen-bond donors (Lipinski definition) is 0. The van der Waals surface area contributed by atoms with Gasteiger partial charge in [-0.25, -0.2) is 9.97 Å². The zero-order valence-corrected chi connectivity index (χ0v) is 6.30. The number of aromatic nitrogens is 2. The average molecular weight is 159 g/mol. The molecule has 0 aliphatic rings. The number of ether oxygens (including phenoxy) is 1. The van der Waals surface area contributed by atoms with Crippen LogP contribution < -0.4 is 4.74 Å². The van der Waals surface area contributed by atoms with Gasteiger partial charge in [0.2, 0.25) is 5.88 Å². The summed E-state index contributed by atoms with van der Waals surface area (Å²) in [6.45, 7) is 2.48. The summed E-state index contributed by atoms with van der Waals surface area (Å²) in [7, 11) is 0. The quantitative estimate of drug-likeness (QED) is 0.655. The van der Waals surface area contributed by atoms with Gasteiger partial charge in [-0.05, 0) is 6.92 Å². The molecule has 0 amide bonds. The van der Waals surface area contributed by atoms with Gasteiger partial charge in [0, 0.05) is 0 Å². The lowest BCUT2D eigenvalue weighted by atomic mass is 10.7. The SMILES string of the molecule is CCOc1cnc(Cl)cn1. The molecular weight excluding hydrogens is 152 g/mol. The summed E-state index contributed by atoms with van der Waals surface area (Å²) in [6, 6.07) is 0. The van der Waals surface area contributed by atoms with E-state index in [1.54, 1.807) is 0 Å². The lowest BCUT2D eigenvalue weighted by molar-refractivity contribution is 0.325. The highest BCUT2D eigenvalue weighted by molar-refractivity contribution is 6.29. The number of hydrogen-bond acceptors (Lipinski definition) is 3. The third kappa shape index (κ3) is 1.84. The van der Waals surface area contributed by atoms with Crippen molar-refractivity contribution in [3.8, 4) is 5.88 Å². The van der Waals surface area contributed by atoms with E-state index in [1.165, 1.54) is 12.4 Å². The van der Waals surface area contributed by atoms with Crippen LogP contribution in [0, 0.1) is 0 Å². The third-order valence-electron chi connectivity index (χ3n) is 0.889. The summed E-state index contributed by atoms with van der Waals surface area (Å²) in [5.41, 5.74) is 0. The minimum Gasteiger partial charge on any atom is -0.477 e. The molecule has 0 aliphatic carbocycles. The molecule has 0 saturated carbocycles. The summed E-state index contributed by atoms with van der Waals surface area (Å²) in [6.07, 6.45) is 2.94. The van der Waals surface area contributed by atoms with Crippen molar-refractivity contribution in [2.45, 2.75) is 6.92 Å². The second-order valence-corrected chi connectivity index (χ2v) is 2.00. The molecule has 4 heteroatoms. The smallest absolute Gasteiger partial charge is 0.232 e. The first-order valence-electron chi connectivity index (χ1n) is 2.93. The van der Waals surface area contributed by atoms with E-state index < -0.39 is 0 Å². The van der Waals surface area contributed by atoms with Gasteiger partial charge in [-0.3, -0.25) is 0 Å². The van der Waals surface area contributed by atoms with Gasteiger partial charge in [0.15, 0.2) is 0 Å². The molecule has 0 fully saturated rings. The molecule has 10 heavy (non-hydrogen) atoms. The molecule has 0 N–H and O–H groups in total. The van der Waals surface area contributed by atoms with Crippen LogP contribution >= 0.6 is 11.6 Å². The first-order valence-corrected chi connectivity index (χ1v) is 3.31. The van der Waals surface area contributed by atoms with Crippen molar-refractivity contribution in [1.82, 2.24) is 9.97 Å². The zero-order valence-electron chi connectivity index (χ0n) is 5.54. The molecule has 1 rings (SSSR count). The Balaban J connectivity index is 2.69. The number of nitrogens with zero attached hydrogens (tertiary/aromatic N) is 2. The highest BCUT2D eigenvalue weighted by atomic mass is 35.5. The van der Waals surface area contributed by atoms with Gasteiger partial charge in [0.05, 0.1) is 19.0 Å². The Morgan fingerprint density at radius 2 is 2.30 bits per heavy atom. The summed E-state index contributed by atoms with van der Waals surface area (Å²) >= 11 is 5.48. The van der Waals surface area contributed by atoms with E-state index in [0.717, 1.165) is 0 Å². The fourth-order valence-corrected chi connectivity index (χ4v) is 0.620. The van der Waals surface area contributed by atoms with E-state index in [9.17, 15) is 0 Å². The maximum atomic E-state index is 5.48. The van der Waals surface area contributed by atoms with Crippen molar-refractivity contribution in [1.29, 1.82) is 0 Å². The Morgan fingerprint density at radius 3 is 2.80 bits per heavy atom. The van der Waals surface area contributed by atoms with Crippen LogP contribution in [0.1, 0.15) is 6.92 Å². The number of rotatable bonds is 2. The fourth-order valence-electron chi connectivity index (χ4n) is 0.523. The summed E-state index contributed by atoms with van der Waals surface area (Å²) < 4.78 is 5.03. The Morgan fingerprint density at radius 1 is 1.50 bits per heavy atom. The zero-order chi connectivity index (χ0) is 7.40. The molecule has 0 atom stereocenters. The predicted octanol–water partition coefficient (Wildman–Crippen LogP) is 1.53. The highest BCUT2D eigenvalue weighted by Gasteiger charge is 1.92. The van der Waals surface area contributed by atoms with Crippen LogP contribution in [0.5, 0.6) is 5.88 Å². The van der Waals surface area contributed by atoms with Crippen LogP contribution in [0.4, 0.5) is 0 Å². The topological polar surface area (TPSA) is 35.0 Å². The Labute approximate surface area is 64.0 Å². The van der Waals surface area contributed by atoms with Crippen molar-refractivity contribution < 1.29 is 4.74 Å². The van der Waals surface area contributed by atoms with Crippen LogP contribution in [0.15, 0.2) is 12.4 Å². The minimum absolute atomic E-state index is 0.378. The van der Waals surface area contributed by atoms with Gasteiger partial charge < -0.3 is 4.74 Å². The molecule has 0 aromatic carbocycles. The monoisotopic (exact) mass is 158 g/mol. The highest BCUT2D eigenvalue weighted by Crippen LogP contribution is 2.06. The average Bonchev–Trinajstić information content (AvgIpc) is 1.95. The van der Waals surface area contributed by atoms with Crippen LogP contribution in [0.25, 0.3) is 0 Å². The lowest BCUT2D eigenvalue weighted by Crippen LogP contribution is -1.94. The molecule has 1 aromatic rings. The van der Waals surface area contributed by atoms with Crippen molar-refractivity contribution in [3.05, 3.63) is 17.5 Å². The maximum Gasteiger partial charge on any atom is 0.232 e. The van der Waals surface area contributed by atoms with E-state index in [2.05, 4.69) is 9.97 Å². The van der Waals surface area contributed by atoms with E-state index in [1.807, 2.05) is 6.92 Å². The van der Waals surface area contributed by atoms with E-state index in [-0.39, 0.29) is 0 Å². The van der Waals surface area contributed by atoms with Gasteiger partial charge in [0.25, 0.3) is 0 Å². The molecule has 54 valence electrons. The predicted molar refractivity (Wildman–Crippen MR) is 38.2 cm³/mol. The van der Waals surface area contributed by atoms with Crippen LogP contribution in [-0.2, 0) is 0 Å². The molecule has 0 unspecified atom stereocenters. The molecule has 0 saturated heterocycles. The lowest BCUT2D eigenvalue weighted by Gasteiger charge is -1.98.